The van der Waals surface area contributed by atoms with Gasteiger partial charge in [0.15, 0.2) is 0 Å². The zero-order valence-corrected chi connectivity index (χ0v) is 12.4. The van der Waals surface area contributed by atoms with Crippen LogP contribution in [0.1, 0.15) is 24.1 Å². The molecule has 1 aliphatic carbocycles. The third-order valence-corrected chi connectivity index (χ3v) is 6.49. The number of sulfonamides is 1. The summed E-state index contributed by atoms with van der Waals surface area (Å²) in [7, 11) is -3.64. The Morgan fingerprint density at radius 1 is 1.40 bits per heavy atom. The molecule has 6 nitrogen and oxygen atoms in total. The summed E-state index contributed by atoms with van der Waals surface area (Å²) in [5.74, 6) is -1.02. The van der Waals surface area contributed by atoms with Crippen molar-refractivity contribution in [3.8, 4) is 0 Å². The molecule has 0 aromatic carbocycles. The molecule has 8 heteroatoms. The highest BCUT2D eigenvalue weighted by Gasteiger charge is 2.31. The fraction of sp³-hybridized carbons (Fsp3) is 0.583. The van der Waals surface area contributed by atoms with Crippen molar-refractivity contribution in [3.63, 3.8) is 0 Å². The number of aliphatic hydroxyl groups excluding tert-OH is 1. The van der Waals surface area contributed by atoms with Gasteiger partial charge in [-0.2, -0.15) is 0 Å². The van der Waals surface area contributed by atoms with Crippen LogP contribution in [-0.4, -0.2) is 37.2 Å². The van der Waals surface area contributed by atoms with E-state index in [1.807, 2.05) is 0 Å². The first-order chi connectivity index (χ1) is 9.42. The van der Waals surface area contributed by atoms with E-state index in [9.17, 15) is 18.3 Å². The van der Waals surface area contributed by atoms with Crippen molar-refractivity contribution in [2.45, 2.75) is 35.9 Å². The van der Waals surface area contributed by atoms with Gasteiger partial charge in [0.25, 0.3) is 0 Å². The molecular formula is C12H17NO5S2. The summed E-state index contributed by atoms with van der Waals surface area (Å²) in [6.45, 7) is -0.0259. The van der Waals surface area contributed by atoms with Crippen molar-refractivity contribution < 1.29 is 23.4 Å². The standard InChI is InChI=1S/C12H17NO5S2/c14-7-8-2-1-3-10(8)13-20(17,18)12-5-4-9(19-12)6-11(15)16/h4-5,8,10,13-14H,1-3,6-7H2,(H,15,16). The Bertz CT molecular complexity index is 580. The first-order valence-electron chi connectivity index (χ1n) is 6.36. The molecule has 1 heterocycles. The minimum absolute atomic E-state index is 0.0259. The van der Waals surface area contributed by atoms with Crippen LogP contribution in [0.15, 0.2) is 16.3 Å². The molecule has 3 N–H and O–H groups in total. The maximum Gasteiger partial charge on any atom is 0.308 e. The molecular weight excluding hydrogens is 302 g/mol. The van der Waals surface area contributed by atoms with Gasteiger partial charge in [-0.25, -0.2) is 13.1 Å². The second kappa shape index (κ2) is 6.21. The fourth-order valence-electron chi connectivity index (χ4n) is 2.41. The smallest absolute Gasteiger partial charge is 0.308 e. The average molecular weight is 319 g/mol. The maximum atomic E-state index is 12.2. The second-order valence-corrected chi connectivity index (χ2v) is 8.00. The summed E-state index contributed by atoms with van der Waals surface area (Å²) in [6, 6.07) is 2.70. The Morgan fingerprint density at radius 2 is 2.15 bits per heavy atom. The molecule has 1 saturated carbocycles. The van der Waals surface area contributed by atoms with Crippen molar-refractivity contribution in [2.75, 3.05) is 6.61 Å². The lowest BCUT2D eigenvalue weighted by atomic mass is 10.1. The summed E-state index contributed by atoms with van der Waals surface area (Å²) >= 11 is 0.967. The van der Waals surface area contributed by atoms with Crippen LogP contribution in [0, 0.1) is 5.92 Å². The van der Waals surface area contributed by atoms with E-state index in [4.69, 9.17) is 5.11 Å². The number of carboxylic acids is 1. The molecule has 1 fully saturated rings. The zero-order valence-electron chi connectivity index (χ0n) is 10.8. The molecule has 2 atom stereocenters. The van der Waals surface area contributed by atoms with E-state index in [-0.39, 0.29) is 29.2 Å². The van der Waals surface area contributed by atoms with Crippen molar-refractivity contribution in [2.24, 2.45) is 5.92 Å². The Hall–Kier alpha value is -0.960. The third kappa shape index (κ3) is 3.57. The van der Waals surface area contributed by atoms with E-state index in [1.54, 1.807) is 0 Å². The lowest BCUT2D eigenvalue weighted by Crippen LogP contribution is -2.38. The maximum absolute atomic E-state index is 12.2. The summed E-state index contributed by atoms with van der Waals surface area (Å²) in [6.07, 6.45) is 2.26. The predicted octanol–water partition coefficient (Wildman–Crippen LogP) is 0.814. The summed E-state index contributed by atoms with van der Waals surface area (Å²) in [5.41, 5.74) is 0. The first-order valence-corrected chi connectivity index (χ1v) is 8.66. The third-order valence-electron chi connectivity index (χ3n) is 3.43. The van der Waals surface area contributed by atoms with Crippen molar-refractivity contribution >= 4 is 27.3 Å². The summed E-state index contributed by atoms with van der Waals surface area (Å²) in [5, 5.41) is 17.9. The lowest BCUT2D eigenvalue weighted by Gasteiger charge is -2.18. The molecule has 2 rings (SSSR count). The molecule has 0 saturated heterocycles. The van der Waals surface area contributed by atoms with Gasteiger partial charge in [-0.1, -0.05) is 6.42 Å². The van der Waals surface area contributed by atoms with Gasteiger partial charge in [0.05, 0.1) is 6.42 Å². The highest BCUT2D eigenvalue weighted by atomic mass is 32.2. The first kappa shape index (κ1) is 15.4. The number of nitrogens with one attached hydrogen (secondary N) is 1. The van der Waals surface area contributed by atoms with Crippen LogP contribution in [0.2, 0.25) is 0 Å². The molecule has 1 aromatic rings. The number of carboxylic acid groups (broad SMARTS) is 1. The Labute approximate surface area is 121 Å². The molecule has 0 radical (unpaired) electrons. The molecule has 0 aliphatic heterocycles. The number of carbonyl (C=O) groups is 1. The molecule has 112 valence electrons. The monoisotopic (exact) mass is 319 g/mol. The molecule has 20 heavy (non-hydrogen) atoms. The average Bonchev–Trinajstić information content (AvgIpc) is 2.97. The van der Waals surface area contributed by atoms with E-state index < -0.39 is 16.0 Å². The number of rotatable bonds is 6. The van der Waals surface area contributed by atoms with Crippen LogP contribution in [-0.2, 0) is 21.2 Å². The number of aliphatic carboxylic acids is 1. The molecule has 1 aromatic heterocycles. The molecule has 2 unspecified atom stereocenters. The Balaban J connectivity index is 2.10. The summed E-state index contributed by atoms with van der Waals surface area (Å²) in [4.78, 5) is 11.1. The van der Waals surface area contributed by atoms with Crippen LogP contribution in [0.5, 0.6) is 0 Å². The minimum atomic E-state index is -3.64. The number of hydrogen-bond acceptors (Lipinski definition) is 5. The van der Waals surface area contributed by atoms with E-state index in [1.165, 1.54) is 12.1 Å². The van der Waals surface area contributed by atoms with Crippen LogP contribution < -0.4 is 4.72 Å². The summed E-state index contributed by atoms with van der Waals surface area (Å²) < 4.78 is 27.2. The highest BCUT2D eigenvalue weighted by Crippen LogP contribution is 2.28. The second-order valence-electron chi connectivity index (χ2n) is 4.89. The van der Waals surface area contributed by atoms with Crippen molar-refractivity contribution in [1.82, 2.24) is 4.72 Å². The van der Waals surface area contributed by atoms with Crippen LogP contribution in [0.3, 0.4) is 0 Å². The quantitative estimate of drug-likeness (QED) is 0.720. The van der Waals surface area contributed by atoms with Crippen LogP contribution >= 0.6 is 11.3 Å². The minimum Gasteiger partial charge on any atom is -0.481 e. The van der Waals surface area contributed by atoms with E-state index in [0.717, 1.165) is 30.6 Å². The lowest BCUT2D eigenvalue weighted by molar-refractivity contribution is -0.136. The Kier molecular flexibility index (Phi) is 4.79. The molecule has 0 amide bonds. The van der Waals surface area contributed by atoms with Gasteiger partial charge in [0.2, 0.25) is 10.0 Å². The number of thiophene rings is 1. The van der Waals surface area contributed by atoms with Crippen LogP contribution in [0.25, 0.3) is 0 Å². The van der Waals surface area contributed by atoms with Gasteiger partial charge < -0.3 is 10.2 Å². The highest BCUT2D eigenvalue weighted by molar-refractivity contribution is 7.91. The van der Waals surface area contributed by atoms with Gasteiger partial charge in [-0.05, 0) is 30.9 Å². The largest absolute Gasteiger partial charge is 0.481 e. The number of hydrogen-bond donors (Lipinski definition) is 3. The fourth-order valence-corrected chi connectivity index (χ4v) is 5.12. The van der Waals surface area contributed by atoms with Crippen molar-refractivity contribution in [1.29, 1.82) is 0 Å². The SMILES string of the molecule is O=C(O)Cc1ccc(S(=O)(=O)NC2CCCC2CO)s1. The van der Waals surface area contributed by atoms with Crippen molar-refractivity contribution in [3.05, 3.63) is 17.0 Å². The Morgan fingerprint density at radius 3 is 2.80 bits per heavy atom. The van der Waals surface area contributed by atoms with Gasteiger partial charge in [-0.15, -0.1) is 11.3 Å². The normalized spacial score (nSPS) is 23.1. The van der Waals surface area contributed by atoms with Gasteiger partial charge in [-0.3, -0.25) is 4.79 Å². The molecule has 0 spiro atoms. The van der Waals surface area contributed by atoms with E-state index in [0.29, 0.717) is 4.88 Å². The van der Waals surface area contributed by atoms with Crippen LogP contribution in [0.4, 0.5) is 0 Å². The van der Waals surface area contributed by atoms with Gasteiger partial charge >= 0.3 is 5.97 Å². The van der Waals surface area contributed by atoms with Gasteiger partial charge in [0.1, 0.15) is 4.21 Å². The van der Waals surface area contributed by atoms with Gasteiger partial charge in [0, 0.05) is 17.5 Å². The molecule has 1 aliphatic rings. The predicted molar refractivity (Wildman–Crippen MR) is 74.2 cm³/mol. The molecule has 0 bridgehead atoms. The van der Waals surface area contributed by atoms with E-state index >= 15 is 0 Å². The van der Waals surface area contributed by atoms with E-state index in [2.05, 4.69) is 4.72 Å². The topological polar surface area (TPSA) is 104 Å². The zero-order chi connectivity index (χ0) is 14.8. The number of aliphatic hydroxyl groups is 1.